The first kappa shape index (κ1) is 12.0. The molecular formula is C11H15NO2S2. The first-order valence-electron chi connectivity index (χ1n) is 5.13. The monoisotopic (exact) mass is 257 g/mol. The van der Waals surface area contributed by atoms with E-state index in [1.165, 1.54) is 11.8 Å². The Hall–Kier alpha value is -0.520. The van der Waals surface area contributed by atoms with Gasteiger partial charge in [0.25, 0.3) is 0 Å². The van der Waals surface area contributed by atoms with Gasteiger partial charge in [-0.25, -0.2) is 8.42 Å². The van der Waals surface area contributed by atoms with Crippen LogP contribution in [0.5, 0.6) is 0 Å². The normalized spacial score (nSPS) is 22.5. The van der Waals surface area contributed by atoms with Crippen molar-refractivity contribution < 1.29 is 8.42 Å². The highest BCUT2D eigenvalue weighted by Gasteiger charge is 2.32. The summed E-state index contributed by atoms with van der Waals surface area (Å²) in [6, 6.07) is 8.07. The number of hydrogen-bond acceptors (Lipinski definition) is 3. The molecule has 1 saturated heterocycles. The first-order chi connectivity index (χ1) is 7.48. The smallest absolute Gasteiger partial charge is 0.212 e. The van der Waals surface area contributed by atoms with Gasteiger partial charge in [0, 0.05) is 12.3 Å². The van der Waals surface area contributed by atoms with Gasteiger partial charge in [-0.15, -0.1) is 11.8 Å². The minimum absolute atomic E-state index is 0.0457. The van der Waals surface area contributed by atoms with Crippen molar-refractivity contribution in [1.82, 2.24) is 4.31 Å². The topological polar surface area (TPSA) is 37.4 Å². The number of nitrogens with zero attached hydrogens (tertiary/aromatic N) is 1. The standard InChI is InChI=1S/C11H15NO2S2/c1-9-3-5-10(6-4-9)11-12(7-8-15-11)16(2,13)14/h3-6,11H,7-8H2,1-2H3/t11-/m1/s1. The quantitative estimate of drug-likeness (QED) is 0.813. The number of sulfonamides is 1. The summed E-state index contributed by atoms with van der Waals surface area (Å²) in [6.07, 6.45) is 1.28. The second-order valence-electron chi connectivity index (χ2n) is 4.01. The van der Waals surface area contributed by atoms with Crippen molar-refractivity contribution in [3.05, 3.63) is 35.4 Å². The average Bonchev–Trinajstić information content (AvgIpc) is 2.66. The molecule has 0 bridgehead atoms. The van der Waals surface area contributed by atoms with Crippen LogP contribution in [0.2, 0.25) is 0 Å². The van der Waals surface area contributed by atoms with Crippen LogP contribution in [-0.4, -0.2) is 31.3 Å². The zero-order valence-electron chi connectivity index (χ0n) is 9.38. The molecule has 1 atom stereocenters. The molecule has 0 unspecified atom stereocenters. The number of aryl methyl sites for hydroxylation is 1. The lowest BCUT2D eigenvalue weighted by molar-refractivity contribution is 0.439. The Morgan fingerprint density at radius 3 is 2.50 bits per heavy atom. The van der Waals surface area contributed by atoms with E-state index in [9.17, 15) is 8.42 Å². The van der Waals surface area contributed by atoms with E-state index in [1.807, 2.05) is 31.2 Å². The third kappa shape index (κ3) is 2.42. The zero-order chi connectivity index (χ0) is 11.8. The fourth-order valence-electron chi connectivity index (χ4n) is 1.79. The molecule has 5 heteroatoms. The summed E-state index contributed by atoms with van der Waals surface area (Å²) in [4.78, 5) is 0. The molecule has 0 aliphatic carbocycles. The predicted octanol–water partition coefficient (Wildman–Crippen LogP) is 2.00. The highest BCUT2D eigenvalue weighted by atomic mass is 32.2. The van der Waals surface area contributed by atoms with Crippen molar-refractivity contribution in [3.63, 3.8) is 0 Å². The Bertz CT molecular complexity index is 467. The zero-order valence-corrected chi connectivity index (χ0v) is 11.0. The molecule has 1 heterocycles. The second-order valence-corrected chi connectivity index (χ2v) is 7.13. The summed E-state index contributed by atoms with van der Waals surface area (Å²) in [7, 11) is -3.10. The SMILES string of the molecule is Cc1ccc([C@H]2SCCN2S(C)(=O)=O)cc1. The van der Waals surface area contributed by atoms with Gasteiger partial charge in [-0.05, 0) is 12.5 Å². The fraction of sp³-hybridized carbons (Fsp3) is 0.455. The van der Waals surface area contributed by atoms with Crippen LogP contribution in [0.3, 0.4) is 0 Å². The minimum atomic E-state index is -3.10. The van der Waals surface area contributed by atoms with Crippen LogP contribution in [0.15, 0.2) is 24.3 Å². The van der Waals surface area contributed by atoms with Gasteiger partial charge in [-0.3, -0.25) is 0 Å². The molecule has 0 aromatic heterocycles. The lowest BCUT2D eigenvalue weighted by Gasteiger charge is -2.21. The van der Waals surface area contributed by atoms with E-state index in [0.717, 1.165) is 11.3 Å². The summed E-state index contributed by atoms with van der Waals surface area (Å²) < 4.78 is 24.8. The number of benzene rings is 1. The molecule has 0 N–H and O–H groups in total. The molecule has 1 aromatic carbocycles. The van der Waals surface area contributed by atoms with Gasteiger partial charge in [0.05, 0.1) is 11.6 Å². The van der Waals surface area contributed by atoms with E-state index in [4.69, 9.17) is 0 Å². The summed E-state index contributed by atoms with van der Waals surface area (Å²) in [5.41, 5.74) is 2.26. The lowest BCUT2D eigenvalue weighted by Crippen LogP contribution is -2.29. The van der Waals surface area contributed by atoms with Crippen LogP contribution < -0.4 is 0 Å². The average molecular weight is 257 g/mol. The molecule has 1 aromatic rings. The van der Waals surface area contributed by atoms with Gasteiger partial charge in [0.15, 0.2) is 0 Å². The number of hydrogen-bond donors (Lipinski definition) is 0. The Balaban J connectivity index is 2.30. The van der Waals surface area contributed by atoms with Gasteiger partial charge in [-0.2, -0.15) is 4.31 Å². The second kappa shape index (κ2) is 4.39. The summed E-state index contributed by atoms with van der Waals surface area (Å²) >= 11 is 1.68. The molecule has 88 valence electrons. The molecule has 0 radical (unpaired) electrons. The Morgan fingerprint density at radius 2 is 1.94 bits per heavy atom. The first-order valence-corrected chi connectivity index (χ1v) is 8.03. The van der Waals surface area contributed by atoms with Crippen molar-refractivity contribution in [2.45, 2.75) is 12.3 Å². The number of rotatable bonds is 2. The van der Waals surface area contributed by atoms with Crippen LogP contribution in [-0.2, 0) is 10.0 Å². The maximum atomic E-state index is 11.6. The minimum Gasteiger partial charge on any atom is -0.212 e. The largest absolute Gasteiger partial charge is 0.212 e. The van der Waals surface area contributed by atoms with Crippen molar-refractivity contribution in [2.75, 3.05) is 18.6 Å². The van der Waals surface area contributed by atoms with Crippen LogP contribution in [0.4, 0.5) is 0 Å². The molecule has 3 nitrogen and oxygen atoms in total. The van der Waals surface area contributed by atoms with Gasteiger partial charge in [0.1, 0.15) is 0 Å². The third-order valence-corrected chi connectivity index (χ3v) is 5.28. The van der Waals surface area contributed by atoms with Crippen LogP contribution in [0.1, 0.15) is 16.5 Å². The van der Waals surface area contributed by atoms with Crippen LogP contribution in [0.25, 0.3) is 0 Å². The van der Waals surface area contributed by atoms with Crippen molar-refractivity contribution in [2.24, 2.45) is 0 Å². The Kier molecular flexibility index (Phi) is 3.28. The lowest BCUT2D eigenvalue weighted by atomic mass is 10.1. The van der Waals surface area contributed by atoms with Crippen molar-refractivity contribution >= 4 is 21.8 Å². The molecular weight excluding hydrogens is 242 g/mol. The van der Waals surface area contributed by atoms with Gasteiger partial charge < -0.3 is 0 Å². The maximum absolute atomic E-state index is 11.6. The maximum Gasteiger partial charge on any atom is 0.212 e. The van der Waals surface area contributed by atoms with E-state index < -0.39 is 10.0 Å². The van der Waals surface area contributed by atoms with E-state index in [-0.39, 0.29) is 5.37 Å². The van der Waals surface area contributed by atoms with E-state index in [2.05, 4.69) is 0 Å². The van der Waals surface area contributed by atoms with Crippen LogP contribution >= 0.6 is 11.8 Å². The molecule has 2 rings (SSSR count). The number of thioether (sulfide) groups is 1. The summed E-state index contributed by atoms with van der Waals surface area (Å²) in [6.45, 7) is 2.64. The highest BCUT2D eigenvalue weighted by molar-refractivity contribution is 8.00. The highest BCUT2D eigenvalue weighted by Crippen LogP contribution is 2.39. The van der Waals surface area contributed by atoms with Gasteiger partial charge in [0.2, 0.25) is 10.0 Å². The Morgan fingerprint density at radius 1 is 1.31 bits per heavy atom. The molecule has 1 aliphatic rings. The van der Waals surface area contributed by atoms with E-state index in [0.29, 0.717) is 6.54 Å². The van der Waals surface area contributed by atoms with Crippen LogP contribution in [0, 0.1) is 6.92 Å². The third-order valence-electron chi connectivity index (χ3n) is 2.64. The summed E-state index contributed by atoms with van der Waals surface area (Å²) in [5, 5.41) is -0.0457. The fourth-order valence-corrected chi connectivity index (χ4v) is 4.59. The van der Waals surface area contributed by atoms with E-state index in [1.54, 1.807) is 16.1 Å². The molecule has 16 heavy (non-hydrogen) atoms. The van der Waals surface area contributed by atoms with E-state index >= 15 is 0 Å². The summed E-state index contributed by atoms with van der Waals surface area (Å²) in [5.74, 6) is 0.867. The van der Waals surface area contributed by atoms with Gasteiger partial charge in [-0.1, -0.05) is 29.8 Å². The Labute approximate surface area is 101 Å². The van der Waals surface area contributed by atoms with Gasteiger partial charge >= 0.3 is 0 Å². The molecule has 1 fully saturated rings. The van der Waals surface area contributed by atoms with Crippen molar-refractivity contribution in [3.8, 4) is 0 Å². The van der Waals surface area contributed by atoms with Crippen molar-refractivity contribution in [1.29, 1.82) is 0 Å². The molecule has 0 amide bonds. The predicted molar refractivity (Wildman–Crippen MR) is 67.9 cm³/mol. The molecule has 0 saturated carbocycles. The molecule has 1 aliphatic heterocycles. The molecule has 0 spiro atoms.